The van der Waals surface area contributed by atoms with Crippen LogP contribution in [0.2, 0.25) is 0 Å². The van der Waals surface area contributed by atoms with Crippen molar-refractivity contribution in [1.29, 1.82) is 0 Å². The van der Waals surface area contributed by atoms with E-state index in [1.54, 1.807) is 11.9 Å². The molecule has 0 saturated heterocycles. The van der Waals surface area contributed by atoms with E-state index in [2.05, 4.69) is 24.2 Å². The molecule has 0 aromatic heterocycles. The third-order valence-electron chi connectivity index (χ3n) is 3.18. The lowest BCUT2D eigenvalue weighted by Gasteiger charge is -2.28. The number of aliphatic imine (C=N–C) groups is 1. The first kappa shape index (κ1) is 19.5. The monoisotopic (exact) mass is 300 g/mol. The van der Waals surface area contributed by atoms with Gasteiger partial charge >= 0.3 is 6.09 Å². The summed E-state index contributed by atoms with van der Waals surface area (Å²) < 4.78 is 5.33. The van der Waals surface area contributed by atoms with E-state index >= 15 is 0 Å². The normalized spacial score (nSPS) is 15.3. The SMILES string of the molecule is CCC(C)NC(N)=NCCC(C)N(C)C(=O)OC(C)(C)C. The third-order valence-corrected chi connectivity index (χ3v) is 3.18. The fourth-order valence-electron chi connectivity index (χ4n) is 1.48. The Balaban J connectivity index is 4.22. The molecule has 0 aliphatic carbocycles. The van der Waals surface area contributed by atoms with Crippen molar-refractivity contribution in [2.75, 3.05) is 13.6 Å². The second-order valence-electron chi connectivity index (χ2n) is 6.45. The molecule has 6 heteroatoms. The average molecular weight is 300 g/mol. The van der Waals surface area contributed by atoms with E-state index in [-0.39, 0.29) is 12.1 Å². The van der Waals surface area contributed by atoms with Gasteiger partial charge in [-0.25, -0.2) is 4.79 Å². The third kappa shape index (κ3) is 9.15. The summed E-state index contributed by atoms with van der Waals surface area (Å²) in [6.45, 7) is 12.3. The zero-order valence-electron chi connectivity index (χ0n) is 14.6. The highest BCUT2D eigenvalue weighted by atomic mass is 16.6. The van der Waals surface area contributed by atoms with Crippen LogP contribution >= 0.6 is 0 Å². The fraction of sp³-hybridized carbons (Fsp3) is 0.867. The van der Waals surface area contributed by atoms with Gasteiger partial charge < -0.3 is 20.7 Å². The molecule has 0 aromatic rings. The smallest absolute Gasteiger partial charge is 0.410 e. The molecule has 3 N–H and O–H groups in total. The van der Waals surface area contributed by atoms with Crippen molar-refractivity contribution in [2.45, 2.75) is 72.1 Å². The quantitative estimate of drug-likeness (QED) is 0.583. The summed E-state index contributed by atoms with van der Waals surface area (Å²) in [5, 5.41) is 3.11. The van der Waals surface area contributed by atoms with Crippen LogP contribution in [0.1, 0.15) is 54.4 Å². The van der Waals surface area contributed by atoms with E-state index < -0.39 is 5.60 Å². The van der Waals surface area contributed by atoms with Crippen molar-refractivity contribution < 1.29 is 9.53 Å². The fourth-order valence-corrected chi connectivity index (χ4v) is 1.48. The van der Waals surface area contributed by atoms with Gasteiger partial charge in [-0.2, -0.15) is 0 Å². The lowest BCUT2D eigenvalue weighted by Crippen LogP contribution is -2.40. The highest BCUT2D eigenvalue weighted by Crippen LogP contribution is 2.11. The Bertz CT molecular complexity index is 350. The molecule has 2 atom stereocenters. The van der Waals surface area contributed by atoms with Crippen LogP contribution < -0.4 is 11.1 Å². The molecule has 0 spiro atoms. The molecule has 2 unspecified atom stereocenters. The Labute approximate surface area is 129 Å². The van der Waals surface area contributed by atoms with Crippen LogP contribution in [0.5, 0.6) is 0 Å². The van der Waals surface area contributed by atoms with Crippen LogP contribution in [0.3, 0.4) is 0 Å². The molecule has 0 rings (SSSR count). The molecule has 0 heterocycles. The van der Waals surface area contributed by atoms with E-state index in [9.17, 15) is 4.79 Å². The van der Waals surface area contributed by atoms with Crippen LogP contribution in [0.15, 0.2) is 4.99 Å². The Morgan fingerprint density at radius 3 is 2.43 bits per heavy atom. The number of amides is 1. The maximum absolute atomic E-state index is 11.9. The Morgan fingerprint density at radius 2 is 1.95 bits per heavy atom. The molecule has 6 nitrogen and oxygen atoms in total. The van der Waals surface area contributed by atoms with Gasteiger partial charge in [0, 0.05) is 25.7 Å². The van der Waals surface area contributed by atoms with Gasteiger partial charge in [-0.05, 0) is 47.5 Å². The van der Waals surface area contributed by atoms with Crippen molar-refractivity contribution in [1.82, 2.24) is 10.2 Å². The number of hydrogen-bond acceptors (Lipinski definition) is 3. The van der Waals surface area contributed by atoms with Crippen LogP contribution in [0.4, 0.5) is 4.79 Å². The molecule has 1 amide bonds. The van der Waals surface area contributed by atoms with Crippen LogP contribution in [-0.2, 0) is 4.74 Å². The average Bonchev–Trinajstić information content (AvgIpc) is 2.35. The second kappa shape index (κ2) is 8.74. The van der Waals surface area contributed by atoms with Crippen molar-refractivity contribution in [2.24, 2.45) is 10.7 Å². The van der Waals surface area contributed by atoms with E-state index in [0.717, 1.165) is 12.8 Å². The van der Waals surface area contributed by atoms with E-state index in [4.69, 9.17) is 10.5 Å². The van der Waals surface area contributed by atoms with Crippen molar-refractivity contribution >= 4 is 12.1 Å². The number of nitrogens with one attached hydrogen (secondary N) is 1. The molecule has 0 radical (unpaired) electrons. The van der Waals surface area contributed by atoms with Gasteiger partial charge in [0.2, 0.25) is 0 Å². The molecule has 0 aromatic carbocycles. The van der Waals surface area contributed by atoms with Crippen LogP contribution in [-0.4, -0.2) is 48.2 Å². The standard InChI is InChI=1S/C15H32N4O2/c1-8-11(2)18-13(16)17-10-9-12(3)19(7)14(20)21-15(4,5)6/h11-12H,8-10H2,1-7H3,(H3,16,17,18). The predicted octanol–water partition coefficient (Wildman–Crippen LogP) is 2.33. The van der Waals surface area contributed by atoms with Gasteiger partial charge in [0.15, 0.2) is 5.96 Å². The van der Waals surface area contributed by atoms with Crippen LogP contribution in [0.25, 0.3) is 0 Å². The molecular weight excluding hydrogens is 268 g/mol. The van der Waals surface area contributed by atoms with Crippen molar-refractivity contribution in [3.8, 4) is 0 Å². The molecule has 0 saturated carbocycles. The number of carbonyl (C=O) groups is 1. The maximum atomic E-state index is 11.9. The minimum atomic E-state index is -0.478. The summed E-state index contributed by atoms with van der Waals surface area (Å²) in [5.41, 5.74) is 5.31. The molecule has 21 heavy (non-hydrogen) atoms. The largest absolute Gasteiger partial charge is 0.444 e. The zero-order chi connectivity index (χ0) is 16.6. The first-order valence-electron chi connectivity index (χ1n) is 7.59. The maximum Gasteiger partial charge on any atom is 0.410 e. The van der Waals surface area contributed by atoms with Gasteiger partial charge in [0.25, 0.3) is 0 Å². The Hall–Kier alpha value is -1.46. The summed E-state index contributed by atoms with van der Waals surface area (Å²) >= 11 is 0. The summed E-state index contributed by atoms with van der Waals surface area (Å²) in [4.78, 5) is 17.8. The van der Waals surface area contributed by atoms with E-state index in [0.29, 0.717) is 18.5 Å². The van der Waals surface area contributed by atoms with E-state index in [1.165, 1.54) is 0 Å². The number of hydrogen-bond donors (Lipinski definition) is 2. The molecule has 0 aliphatic heterocycles. The van der Waals surface area contributed by atoms with Crippen molar-refractivity contribution in [3.05, 3.63) is 0 Å². The molecule has 0 bridgehead atoms. The topological polar surface area (TPSA) is 80.0 Å². The zero-order valence-corrected chi connectivity index (χ0v) is 14.6. The summed E-state index contributed by atoms with van der Waals surface area (Å²) in [6.07, 6.45) is 1.41. The first-order chi connectivity index (χ1) is 9.56. The van der Waals surface area contributed by atoms with Gasteiger partial charge in [-0.3, -0.25) is 4.99 Å². The molecule has 0 fully saturated rings. The number of ether oxygens (including phenoxy) is 1. The minimum absolute atomic E-state index is 0.0417. The van der Waals surface area contributed by atoms with E-state index in [1.807, 2.05) is 27.7 Å². The van der Waals surface area contributed by atoms with Crippen molar-refractivity contribution in [3.63, 3.8) is 0 Å². The summed E-state index contributed by atoms with van der Waals surface area (Å²) in [7, 11) is 1.74. The highest BCUT2D eigenvalue weighted by molar-refractivity contribution is 5.78. The molecule has 0 aliphatic rings. The summed E-state index contributed by atoms with van der Waals surface area (Å²) in [5.74, 6) is 0.455. The predicted molar refractivity (Wildman–Crippen MR) is 87.5 cm³/mol. The lowest BCUT2D eigenvalue weighted by atomic mass is 10.2. The Morgan fingerprint density at radius 1 is 1.38 bits per heavy atom. The number of guanidine groups is 1. The Kier molecular flexibility index (Phi) is 8.14. The number of rotatable bonds is 6. The van der Waals surface area contributed by atoms with Gasteiger partial charge in [-0.15, -0.1) is 0 Å². The summed E-state index contributed by atoms with van der Waals surface area (Å²) in [6, 6.07) is 0.357. The number of nitrogens with two attached hydrogens (primary N) is 1. The minimum Gasteiger partial charge on any atom is -0.444 e. The second-order valence-corrected chi connectivity index (χ2v) is 6.45. The van der Waals surface area contributed by atoms with Gasteiger partial charge in [0.05, 0.1) is 0 Å². The first-order valence-corrected chi connectivity index (χ1v) is 7.59. The molecule has 124 valence electrons. The van der Waals surface area contributed by atoms with Gasteiger partial charge in [-0.1, -0.05) is 6.92 Å². The van der Waals surface area contributed by atoms with Crippen LogP contribution in [0, 0.1) is 0 Å². The number of carbonyl (C=O) groups excluding carboxylic acids is 1. The number of nitrogens with zero attached hydrogens (tertiary/aromatic N) is 2. The van der Waals surface area contributed by atoms with Gasteiger partial charge in [0.1, 0.15) is 5.60 Å². The highest BCUT2D eigenvalue weighted by Gasteiger charge is 2.22. The lowest BCUT2D eigenvalue weighted by molar-refractivity contribution is 0.0231. The molecular formula is C15H32N4O2.